The van der Waals surface area contributed by atoms with E-state index >= 15 is 0 Å². The Balaban J connectivity index is 2.14. The highest BCUT2D eigenvalue weighted by Gasteiger charge is 2.32. The molecular formula is C22H30N6O7. The fourth-order valence-corrected chi connectivity index (χ4v) is 3.12. The summed E-state index contributed by atoms with van der Waals surface area (Å²) < 4.78 is 0. The predicted molar refractivity (Wildman–Crippen MR) is 123 cm³/mol. The maximum atomic E-state index is 13.0. The fourth-order valence-electron chi connectivity index (χ4n) is 3.12. The molecule has 0 saturated carbocycles. The summed E-state index contributed by atoms with van der Waals surface area (Å²) in [5.74, 6) is -3.66. The van der Waals surface area contributed by atoms with E-state index in [4.69, 9.17) is 5.73 Å². The van der Waals surface area contributed by atoms with Gasteiger partial charge in [0.15, 0.2) is 0 Å². The molecule has 2 rings (SSSR count). The molecular weight excluding hydrogens is 460 g/mol. The SMILES string of the molecule is CC(N)C(=O)NC(Cc1cnc[nH]1)C(=O)NC(C(=O)NC(Cc1ccc(O)cc1)C(=O)O)C(C)O. The van der Waals surface area contributed by atoms with Crippen LogP contribution in [0.5, 0.6) is 5.75 Å². The molecule has 0 bridgehead atoms. The lowest BCUT2D eigenvalue weighted by molar-refractivity contribution is -0.143. The van der Waals surface area contributed by atoms with E-state index < -0.39 is 54.0 Å². The molecule has 35 heavy (non-hydrogen) atoms. The van der Waals surface area contributed by atoms with Gasteiger partial charge < -0.3 is 42.0 Å². The van der Waals surface area contributed by atoms with Crippen LogP contribution in [0.25, 0.3) is 0 Å². The third-order valence-corrected chi connectivity index (χ3v) is 5.08. The number of phenols is 1. The number of rotatable bonds is 12. The van der Waals surface area contributed by atoms with Gasteiger partial charge in [0.1, 0.15) is 23.9 Å². The van der Waals surface area contributed by atoms with Crippen molar-refractivity contribution in [2.45, 2.75) is 57.0 Å². The Morgan fingerprint density at radius 3 is 2.11 bits per heavy atom. The van der Waals surface area contributed by atoms with Crippen molar-refractivity contribution in [1.29, 1.82) is 0 Å². The average molecular weight is 491 g/mol. The van der Waals surface area contributed by atoms with Crippen LogP contribution in [0.15, 0.2) is 36.8 Å². The van der Waals surface area contributed by atoms with Crippen molar-refractivity contribution >= 4 is 23.7 Å². The molecule has 2 aromatic rings. The van der Waals surface area contributed by atoms with E-state index in [9.17, 15) is 34.5 Å². The Morgan fingerprint density at radius 1 is 0.971 bits per heavy atom. The first-order valence-corrected chi connectivity index (χ1v) is 10.8. The topological polar surface area (TPSA) is 220 Å². The molecule has 0 aliphatic rings. The van der Waals surface area contributed by atoms with Gasteiger partial charge in [-0.3, -0.25) is 14.4 Å². The quantitative estimate of drug-likeness (QED) is 0.167. The number of nitrogens with two attached hydrogens (primary N) is 1. The van der Waals surface area contributed by atoms with E-state index in [0.29, 0.717) is 11.3 Å². The summed E-state index contributed by atoms with van der Waals surface area (Å²) in [6.07, 6.45) is 1.35. The van der Waals surface area contributed by atoms with Crippen molar-refractivity contribution in [3.8, 4) is 5.75 Å². The van der Waals surface area contributed by atoms with Gasteiger partial charge in [-0.15, -0.1) is 0 Å². The number of carboxylic acids is 1. The minimum atomic E-state index is -1.51. The number of carbonyl (C=O) groups is 4. The minimum Gasteiger partial charge on any atom is -0.508 e. The summed E-state index contributed by atoms with van der Waals surface area (Å²) in [4.78, 5) is 56.3. The maximum absolute atomic E-state index is 13.0. The summed E-state index contributed by atoms with van der Waals surface area (Å²) in [5.41, 5.74) is 6.63. The number of aliphatic hydroxyl groups is 1. The number of imidazole rings is 1. The lowest BCUT2D eigenvalue weighted by Gasteiger charge is -2.26. The van der Waals surface area contributed by atoms with E-state index in [-0.39, 0.29) is 18.6 Å². The Kier molecular flexibility index (Phi) is 9.73. The van der Waals surface area contributed by atoms with Crippen LogP contribution in [0.1, 0.15) is 25.1 Å². The van der Waals surface area contributed by atoms with Gasteiger partial charge >= 0.3 is 5.97 Å². The van der Waals surface area contributed by atoms with Crippen molar-refractivity contribution in [2.75, 3.05) is 0 Å². The third-order valence-electron chi connectivity index (χ3n) is 5.08. The molecule has 1 aromatic heterocycles. The molecule has 5 unspecified atom stereocenters. The highest BCUT2D eigenvalue weighted by molar-refractivity contribution is 5.94. The predicted octanol–water partition coefficient (Wildman–Crippen LogP) is -1.83. The highest BCUT2D eigenvalue weighted by Crippen LogP contribution is 2.12. The number of aromatic hydroxyl groups is 1. The number of hydrogen-bond acceptors (Lipinski definition) is 8. The smallest absolute Gasteiger partial charge is 0.326 e. The van der Waals surface area contributed by atoms with Crippen LogP contribution in [0.4, 0.5) is 0 Å². The van der Waals surface area contributed by atoms with E-state index in [1.54, 1.807) is 0 Å². The third kappa shape index (κ3) is 8.39. The molecule has 0 aliphatic heterocycles. The maximum Gasteiger partial charge on any atom is 0.326 e. The normalized spacial score (nSPS) is 15.2. The van der Waals surface area contributed by atoms with Crippen LogP contribution in [-0.4, -0.2) is 79.2 Å². The van der Waals surface area contributed by atoms with Crippen LogP contribution in [0.2, 0.25) is 0 Å². The Bertz CT molecular complexity index is 1010. The summed E-state index contributed by atoms with van der Waals surface area (Å²) in [6.45, 7) is 2.69. The first-order chi connectivity index (χ1) is 16.5. The number of nitrogens with one attached hydrogen (secondary N) is 4. The molecule has 1 heterocycles. The molecule has 13 nitrogen and oxygen atoms in total. The second-order valence-electron chi connectivity index (χ2n) is 8.13. The zero-order valence-electron chi connectivity index (χ0n) is 19.3. The Hall–Kier alpha value is -3.97. The van der Waals surface area contributed by atoms with Crippen molar-refractivity contribution in [3.63, 3.8) is 0 Å². The van der Waals surface area contributed by atoms with Gasteiger partial charge in [-0.25, -0.2) is 9.78 Å². The highest BCUT2D eigenvalue weighted by atomic mass is 16.4. The van der Waals surface area contributed by atoms with Gasteiger partial charge in [0.05, 0.1) is 18.5 Å². The second kappa shape index (κ2) is 12.5. The molecule has 9 N–H and O–H groups in total. The Morgan fingerprint density at radius 2 is 1.60 bits per heavy atom. The number of H-pyrrole nitrogens is 1. The summed E-state index contributed by atoms with van der Waals surface area (Å²) in [6, 6.07) is 0.828. The molecule has 0 radical (unpaired) electrons. The van der Waals surface area contributed by atoms with Gasteiger partial charge in [-0.1, -0.05) is 12.1 Å². The number of carboxylic acid groups (broad SMARTS) is 1. The fraction of sp³-hybridized carbons (Fsp3) is 0.409. The van der Waals surface area contributed by atoms with E-state index in [0.717, 1.165) is 0 Å². The second-order valence-corrected chi connectivity index (χ2v) is 8.13. The number of hydrogen-bond donors (Lipinski definition) is 8. The van der Waals surface area contributed by atoms with Crippen molar-refractivity contribution in [3.05, 3.63) is 48.0 Å². The number of aliphatic hydroxyl groups excluding tert-OH is 1. The number of carbonyl (C=O) groups excluding carboxylic acids is 3. The number of nitrogens with zero attached hydrogens (tertiary/aromatic N) is 1. The van der Waals surface area contributed by atoms with Gasteiger partial charge in [0.2, 0.25) is 17.7 Å². The molecule has 0 fully saturated rings. The molecule has 3 amide bonds. The van der Waals surface area contributed by atoms with Gasteiger partial charge in [-0.2, -0.15) is 0 Å². The van der Waals surface area contributed by atoms with Gasteiger partial charge in [0, 0.05) is 24.7 Å². The van der Waals surface area contributed by atoms with Crippen LogP contribution in [-0.2, 0) is 32.0 Å². The molecule has 190 valence electrons. The lowest BCUT2D eigenvalue weighted by atomic mass is 10.0. The first-order valence-electron chi connectivity index (χ1n) is 10.8. The van der Waals surface area contributed by atoms with Crippen LogP contribution in [0.3, 0.4) is 0 Å². The minimum absolute atomic E-state index is 0.00217. The lowest BCUT2D eigenvalue weighted by Crippen LogP contribution is -2.60. The Labute approximate surface area is 201 Å². The molecule has 13 heteroatoms. The van der Waals surface area contributed by atoms with E-state index in [2.05, 4.69) is 25.9 Å². The van der Waals surface area contributed by atoms with Gasteiger partial charge in [-0.05, 0) is 31.5 Å². The number of amides is 3. The number of aromatic nitrogens is 2. The van der Waals surface area contributed by atoms with E-state index in [1.807, 2.05) is 0 Å². The molecule has 0 saturated heterocycles. The summed E-state index contributed by atoms with van der Waals surface area (Å²) in [5, 5.41) is 36.2. The monoisotopic (exact) mass is 490 g/mol. The van der Waals surface area contributed by atoms with Crippen molar-refractivity contribution < 1.29 is 34.5 Å². The van der Waals surface area contributed by atoms with Crippen LogP contribution in [0, 0.1) is 0 Å². The van der Waals surface area contributed by atoms with Gasteiger partial charge in [0.25, 0.3) is 0 Å². The molecule has 5 atom stereocenters. The van der Waals surface area contributed by atoms with Crippen molar-refractivity contribution in [1.82, 2.24) is 25.9 Å². The molecule has 0 aliphatic carbocycles. The van der Waals surface area contributed by atoms with E-state index in [1.165, 1.54) is 50.6 Å². The zero-order chi connectivity index (χ0) is 26.1. The summed E-state index contributed by atoms with van der Waals surface area (Å²) in [7, 11) is 0. The van der Waals surface area contributed by atoms with Crippen LogP contribution >= 0.6 is 0 Å². The van der Waals surface area contributed by atoms with Crippen LogP contribution < -0.4 is 21.7 Å². The van der Waals surface area contributed by atoms with Crippen molar-refractivity contribution in [2.24, 2.45) is 5.73 Å². The molecule has 1 aromatic carbocycles. The number of phenolic OH excluding ortho intramolecular Hbond substituents is 1. The average Bonchev–Trinajstić information content (AvgIpc) is 3.30. The standard InChI is InChI=1S/C22H30N6O7/c1-11(23)19(31)26-16(8-14-9-24-10-25-14)20(32)28-18(12(2)29)21(33)27-17(22(34)35)7-13-3-5-15(30)6-4-13/h3-6,9-12,16-18,29-30H,7-8,23H2,1-2H3,(H,24,25)(H,26,31)(H,27,33)(H,28,32)(H,34,35). The first kappa shape index (κ1) is 27.3. The molecule has 0 spiro atoms. The largest absolute Gasteiger partial charge is 0.508 e. The number of benzene rings is 1. The zero-order valence-corrected chi connectivity index (χ0v) is 19.3. The number of aromatic amines is 1. The summed E-state index contributed by atoms with van der Waals surface area (Å²) >= 11 is 0. The number of aliphatic carboxylic acids is 1.